The van der Waals surface area contributed by atoms with Crippen LogP contribution in [0.1, 0.15) is 13.3 Å². The molecule has 0 fully saturated rings. The van der Waals surface area contributed by atoms with Crippen LogP contribution < -0.4 is 5.32 Å². The molecule has 0 rings (SSSR count). The predicted octanol–water partition coefficient (Wildman–Crippen LogP) is 1.09. The second-order valence-corrected chi connectivity index (χ2v) is 3.05. The van der Waals surface area contributed by atoms with Crippen molar-refractivity contribution in [2.45, 2.75) is 19.4 Å². The summed E-state index contributed by atoms with van der Waals surface area (Å²) in [6, 6.07) is 0. The smallest absolute Gasteiger partial charge is 0.101 e. The van der Waals surface area contributed by atoms with Crippen molar-refractivity contribution in [3.8, 4) is 0 Å². The number of rotatable bonds is 8. The third kappa shape index (κ3) is 7.90. The average Bonchev–Trinajstić information content (AvgIpc) is 2.21. The van der Waals surface area contributed by atoms with Gasteiger partial charge in [0.1, 0.15) is 6.26 Å². The van der Waals surface area contributed by atoms with Crippen molar-refractivity contribution in [2.24, 2.45) is 4.99 Å². The van der Waals surface area contributed by atoms with Crippen LogP contribution >= 0.6 is 0 Å². The van der Waals surface area contributed by atoms with Gasteiger partial charge in [-0.1, -0.05) is 6.58 Å². The van der Waals surface area contributed by atoms with E-state index in [1.807, 2.05) is 7.05 Å². The minimum absolute atomic E-state index is 0.532. The molecule has 4 nitrogen and oxygen atoms in total. The molecule has 0 bridgehead atoms. The van der Waals surface area contributed by atoms with E-state index in [0.29, 0.717) is 12.3 Å². The Morgan fingerprint density at radius 1 is 1.67 bits per heavy atom. The van der Waals surface area contributed by atoms with E-state index in [1.165, 1.54) is 18.5 Å². The maximum Gasteiger partial charge on any atom is 0.101 e. The van der Waals surface area contributed by atoms with Gasteiger partial charge in [0.15, 0.2) is 0 Å². The fourth-order valence-electron chi connectivity index (χ4n) is 0.891. The van der Waals surface area contributed by atoms with Crippen LogP contribution in [-0.2, 0) is 4.74 Å². The first-order valence-corrected chi connectivity index (χ1v) is 5.01. The maximum atomic E-state index is 9.20. The Balaban J connectivity index is 3.72. The van der Waals surface area contributed by atoms with Crippen molar-refractivity contribution < 1.29 is 9.84 Å². The van der Waals surface area contributed by atoms with Crippen molar-refractivity contribution >= 4 is 5.71 Å². The monoisotopic (exact) mass is 212 g/mol. The van der Waals surface area contributed by atoms with Crippen molar-refractivity contribution in [3.05, 3.63) is 25.1 Å². The number of nitrogens with zero attached hydrogens (tertiary/aromatic N) is 1. The standard InChI is InChI=1S/C11H20N2O2/c1-4-11(10(2)14)13-7-9-15-8-5-6-12-3/h4,7,9-10,12,14H,1,5-6,8H2,2-3H3/b9-7+,13-11?. The van der Waals surface area contributed by atoms with Gasteiger partial charge in [0, 0.05) is 0 Å². The zero-order valence-corrected chi connectivity index (χ0v) is 9.44. The lowest BCUT2D eigenvalue weighted by Crippen LogP contribution is -2.12. The molecular weight excluding hydrogens is 192 g/mol. The topological polar surface area (TPSA) is 53.8 Å². The third-order valence-electron chi connectivity index (χ3n) is 1.71. The molecule has 0 aromatic carbocycles. The Morgan fingerprint density at radius 2 is 2.40 bits per heavy atom. The fourth-order valence-corrected chi connectivity index (χ4v) is 0.891. The molecule has 0 aromatic heterocycles. The van der Waals surface area contributed by atoms with Crippen molar-refractivity contribution in [2.75, 3.05) is 20.2 Å². The molecule has 0 amide bonds. The van der Waals surface area contributed by atoms with Gasteiger partial charge in [0.05, 0.1) is 24.6 Å². The summed E-state index contributed by atoms with van der Waals surface area (Å²) in [6.45, 7) is 6.78. The van der Waals surface area contributed by atoms with Crippen LogP contribution in [0, 0.1) is 0 Å². The van der Waals surface area contributed by atoms with E-state index in [0.717, 1.165) is 13.0 Å². The van der Waals surface area contributed by atoms with E-state index in [1.54, 1.807) is 6.92 Å². The zero-order chi connectivity index (χ0) is 11.5. The van der Waals surface area contributed by atoms with E-state index >= 15 is 0 Å². The van der Waals surface area contributed by atoms with Crippen LogP contribution in [0.2, 0.25) is 0 Å². The number of aliphatic hydroxyl groups excluding tert-OH is 1. The zero-order valence-electron chi connectivity index (χ0n) is 9.44. The molecule has 0 spiro atoms. The van der Waals surface area contributed by atoms with Gasteiger partial charge in [-0.15, -0.1) is 0 Å². The SMILES string of the molecule is C=CC(=N/C=C/OCCCNC)C(C)O. The molecular formula is C11H20N2O2. The Labute approximate surface area is 91.4 Å². The van der Waals surface area contributed by atoms with Gasteiger partial charge < -0.3 is 15.2 Å². The summed E-state index contributed by atoms with van der Waals surface area (Å²) in [5, 5.41) is 12.2. The molecule has 2 N–H and O–H groups in total. The van der Waals surface area contributed by atoms with E-state index in [-0.39, 0.29) is 0 Å². The molecule has 0 aliphatic heterocycles. The number of aliphatic imine (C=N–C) groups is 1. The summed E-state index contributed by atoms with van der Waals surface area (Å²) in [5.74, 6) is 0. The van der Waals surface area contributed by atoms with Crippen LogP contribution in [0.15, 0.2) is 30.1 Å². The molecule has 0 saturated heterocycles. The van der Waals surface area contributed by atoms with Gasteiger partial charge in [0.2, 0.25) is 0 Å². The molecule has 4 heteroatoms. The van der Waals surface area contributed by atoms with Gasteiger partial charge in [0.25, 0.3) is 0 Å². The molecule has 0 radical (unpaired) electrons. The minimum Gasteiger partial charge on any atom is -0.500 e. The van der Waals surface area contributed by atoms with E-state index in [4.69, 9.17) is 4.74 Å². The number of nitrogens with one attached hydrogen (secondary N) is 1. The molecule has 15 heavy (non-hydrogen) atoms. The fraction of sp³-hybridized carbons (Fsp3) is 0.545. The first-order chi connectivity index (χ1) is 7.22. The van der Waals surface area contributed by atoms with Crippen LogP contribution in [-0.4, -0.2) is 37.1 Å². The number of hydrogen-bond donors (Lipinski definition) is 2. The van der Waals surface area contributed by atoms with E-state index < -0.39 is 6.10 Å². The van der Waals surface area contributed by atoms with E-state index in [2.05, 4.69) is 16.9 Å². The Kier molecular flexibility index (Phi) is 8.72. The quantitative estimate of drug-likeness (QED) is 0.360. The first-order valence-electron chi connectivity index (χ1n) is 5.01. The Bertz CT molecular complexity index is 223. The van der Waals surface area contributed by atoms with Crippen LogP contribution in [0.4, 0.5) is 0 Å². The van der Waals surface area contributed by atoms with Gasteiger partial charge in [-0.25, -0.2) is 0 Å². The maximum absolute atomic E-state index is 9.20. The lowest BCUT2D eigenvalue weighted by molar-refractivity contribution is 0.243. The van der Waals surface area contributed by atoms with Crippen LogP contribution in [0.5, 0.6) is 0 Å². The summed E-state index contributed by atoms with van der Waals surface area (Å²) in [4.78, 5) is 3.99. The highest BCUT2D eigenvalue weighted by Gasteiger charge is 1.98. The highest BCUT2D eigenvalue weighted by Crippen LogP contribution is 1.91. The summed E-state index contributed by atoms with van der Waals surface area (Å²) in [7, 11) is 1.90. The average molecular weight is 212 g/mol. The van der Waals surface area contributed by atoms with Gasteiger partial charge in [-0.3, -0.25) is 4.99 Å². The minimum atomic E-state index is -0.601. The van der Waals surface area contributed by atoms with Gasteiger partial charge in [-0.2, -0.15) is 0 Å². The number of hydrogen-bond acceptors (Lipinski definition) is 4. The highest BCUT2D eigenvalue weighted by molar-refractivity contribution is 5.98. The molecule has 0 aromatic rings. The third-order valence-corrected chi connectivity index (χ3v) is 1.71. The molecule has 0 aliphatic rings. The van der Waals surface area contributed by atoms with Gasteiger partial charge >= 0.3 is 0 Å². The number of ether oxygens (including phenoxy) is 1. The summed E-state index contributed by atoms with van der Waals surface area (Å²) in [6.07, 6.45) is 4.91. The Morgan fingerprint density at radius 3 is 2.93 bits per heavy atom. The lowest BCUT2D eigenvalue weighted by Gasteiger charge is -2.01. The first kappa shape index (κ1) is 13.9. The van der Waals surface area contributed by atoms with Gasteiger partial charge in [-0.05, 0) is 33.0 Å². The van der Waals surface area contributed by atoms with E-state index in [9.17, 15) is 5.11 Å². The molecule has 86 valence electrons. The second kappa shape index (κ2) is 9.43. The molecule has 0 heterocycles. The Hall–Kier alpha value is -1.13. The van der Waals surface area contributed by atoms with Crippen molar-refractivity contribution in [1.82, 2.24) is 5.32 Å². The summed E-state index contributed by atoms with van der Waals surface area (Å²) < 4.78 is 5.17. The number of aliphatic hydroxyl groups is 1. The lowest BCUT2D eigenvalue weighted by atomic mass is 10.2. The largest absolute Gasteiger partial charge is 0.500 e. The summed E-state index contributed by atoms with van der Waals surface area (Å²) in [5.41, 5.74) is 0.532. The second-order valence-electron chi connectivity index (χ2n) is 3.05. The van der Waals surface area contributed by atoms with Crippen LogP contribution in [0.3, 0.4) is 0 Å². The van der Waals surface area contributed by atoms with Crippen molar-refractivity contribution in [3.63, 3.8) is 0 Å². The van der Waals surface area contributed by atoms with Crippen molar-refractivity contribution in [1.29, 1.82) is 0 Å². The predicted molar refractivity (Wildman–Crippen MR) is 62.9 cm³/mol. The van der Waals surface area contributed by atoms with Crippen LogP contribution in [0.25, 0.3) is 0 Å². The normalized spacial score (nSPS) is 14.2. The molecule has 1 unspecified atom stereocenters. The molecule has 0 saturated carbocycles. The highest BCUT2D eigenvalue weighted by atomic mass is 16.5. The molecule has 0 aliphatic carbocycles. The summed E-state index contributed by atoms with van der Waals surface area (Å²) >= 11 is 0. The molecule has 1 atom stereocenters.